The van der Waals surface area contributed by atoms with E-state index in [0.717, 1.165) is 17.1 Å². The minimum Gasteiger partial charge on any atom is -0.496 e. The standard InChI is InChI=1S/C15H16N2O4/c1-8-16-7-11(17-8)10-6-14(18)21-13-5-9(19-2)4-12(20-3)15(10)13/h4-5,7,10H,6H2,1-3H3,(H,16,17). The molecule has 1 atom stereocenters. The zero-order valence-electron chi connectivity index (χ0n) is 12.1. The Kier molecular flexibility index (Phi) is 3.29. The normalized spacial score (nSPS) is 17.1. The zero-order chi connectivity index (χ0) is 15.0. The lowest BCUT2D eigenvalue weighted by Crippen LogP contribution is -2.22. The summed E-state index contributed by atoms with van der Waals surface area (Å²) in [6, 6.07) is 3.49. The summed E-state index contributed by atoms with van der Waals surface area (Å²) in [7, 11) is 3.14. The van der Waals surface area contributed by atoms with Gasteiger partial charge in [-0.15, -0.1) is 0 Å². The first-order valence-corrected chi connectivity index (χ1v) is 6.60. The van der Waals surface area contributed by atoms with Crippen LogP contribution in [0.1, 0.15) is 29.4 Å². The molecule has 0 bridgehead atoms. The molecule has 0 radical (unpaired) electrons. The smallest absolute Gasteiger partial charge is 0.312 e. The van der Waals surface area contributed by atoms with Gasteiger partial charge in [0, 0.05) is 35.5 Å². The third-order valence-electron chi connectivity index (χ3n) is 3.57. The minimum absolute atomic E-state index is 0.164. The molecule has 2 heterocycles. The molecule has 0 fully saturated rings. The predicted octanol–water partition coefficient (Wildman–Crippen LogP) is 2.18. The van der Waals surface area contributed by atoms with Crippen molar-refractivity contribution >= 4 is 5.97 Å². The monoisotopic (exact) mass is 288 g/mol. The molecule has 0 saturated carbocycles. The first kappa shape index (κ1) is 13.5. The summed E-state index contributed by atoms with van der Waals surface area (Å²) < 4.78 is 16.0. The molecule has 1 aliphatic heterocycles. The quantitative estimate of drug-likeness (QED) is 0.692. The van der Waals surface area contributed by atoms with Crippen LogP contribution in [0.25, 0.3) is 0 Å². The van der Waals surface area contributed by atoms with Crippen molar-refractivity contribution in [1.82, 2.24) is 9.97 Å². The van der Waals surface area contributed by atoms with Crippen LogP contribution in [0.5, 0.6) is 17.2 Å². The number of benzene rings is 1. The van der Waals surface area contributed by atoms with Crippen LogP contribution in [-0.4, -0.2) is 30.2 Å². The highest BCUT2D eigenvalue weighted by Crippen LogP contribution is 2.45. The first-order chi connectivity index (χ1) is 10.1. The van der Waals surface area contributed by atoms with Gasteiger partial charge in [0.1, 0.15) is 23.1 Å². The maximum absolute atomic E-state index is 11.9. The molecule has 0 aliphatic carbocycles. The number of carbonyl (C=O) groups excluding carboxylic acids is 1. The molecule has 0 amide bonds. The van der Waals surface area contributed by atoms with E-state index in [-0.39, 0.29) is 18.3 Å². The van der Waals surface area contributed by atoms with Crippen LogP contribution in [0, 0.1) is 6.92 Å². The number of fused-ring (bicyclic) bond motifs is 1. The number of methoxy groups -OCH3 is 2. The number of aryl methyl sites for hydroxylation is 1. The maximum atomic E-state index is 11.9. The van der Waals surface area contributed by atoms with Gasteiger partial charge in [-0.3, -0.25) is 4.79 Å². The number of carbonyl (C=O) groups is 1. The molecule has 6 nitrogen and oxygen atoms in total. The van der Waals surface area contributed by atoms with Gasteiger partial charge >= 0.3 is 5.97 Å². The van der Waals surface area contributed by atoms with Crippen LogP contribution in [-0.2, 0) is 4.79 Å². The van der Waals surface area contributed by atoms with Crippen LogP contribution < -0.4 is 14.2 Å². The number of esters is 1. The van der Waals surface area contributed by atoms with Gasteiger partial charge in [0.25, 0.3) is 0 Å². The van der Waals surface area contributed by atoms with Gasteiger partial charge in [-0.1, -0.05) is 0 Å². The Hall–Kier alpha value is -2.50. The topological polar surface area (TPSA) is 73.4 Å². The van der Waals surface area contributed by atoms with Gasteiger partial charge in [-0.05, 0) is 6.92 Å². The average Bonchev–Trinajstić information content (AvgIpc) is 2.91. The van der Waals surface area contributed by atoms with E-state index in [9.17, 15) is 4.79 Å². The van der Waals surface area contributed by atoms with Gasteiger partial charge in [-0.25, -0.2) is 4.98 Å². The number of hydrogen-bond donors (Lipinski definition) is 1. The number of imidazole rings is 1. The molecule has 110 valence electrons. The minimum atomic E-state index is -0.282. The number of rotatable bonds is 3. The lowest BCUT2D eigenvalue weighted by atomic mass is 9.89. The van der Waals surface area contributed by atoms with Crippen molar-refractivity contribution in [1.29, 1.82) is 0 Å². The van der Waals surface area contributed by atoms with E-state index in [2.05, 4.69) is 9.97 Å². The molecule has 1 aliphatic rings. The summed E-state index contributed by atoms with van der Waals surface area (Å²) in [6.07, 6.45) is 1.99. The molecular formula is C15H16N2O4. The fourth-order valence-electron chi connectivity index (χ4n) is 2.61. The lowest BCUT2D eigenvalue weighted by Gasteiger charge is -2.26. The molecular weight excluding hydrogens is 272 g/mol. The van der Waals surface area contributed by atoms with Crippen molar-refractivity contribution in [2.45, 2.75) is 19.3 Å². The fraction of sp³-hybridized carbons (Fsp3) is 0.333. The zero-order valence-corrected chi connectivity index (χ0v) is 12.1. The second kappa shape index (κ2) is 5.12. The van der Waals surface area contributed by atoms with Crippen molar-refractivity contribution in [2.75, 3.05) is 14.2 Å². The number of aromatic nitrogens is 2. The second-order valence-corrected chi connectivity index (χ2v) is 4.90. The summed E-state index contributed by atoms with van der Waals surface area (Å²) in [4.78, 5) is 19.3. The summed E-state index contributed by atoms with van der Waals surface area (Å²) in [6.45, 7) is 1.87. The fourth-order valence-corrected chi connectivity index (χ4v) is 2.61. The summed E-state index contributed by atoms with van der Waals surface area (Å²) in [5, 5.41) is 0. The molecule has 0 spiro atoms. The third-order valence-corrected chi connectivity index (χ3v) is 3.57. The van der Waals surface area contributed by atoms with Crippen LogP contribution in [0.4, 0.5) is 0 Å². The number of nitrogens with one attached hydrogen (secondary N) is 1. The molecule has 1 aromatic heterocycles. The molecule has 1 aromatic carbocycles. The highest BCUT2D eigenvalue weighted by Gasteiger charge is 2.33. The number of hydrogen-bond acceptors (Lipinski definition) is 5. The van der Waals surface area contributed by atoms with Gasteiger partial charge in [-0.2, -0.15) is 0 Å². The highest BCUT2D eigenvalue weighted by atomic mass is 16.5. The Balaban J connectivity index is 2.16. The Labute approximate surface area is 122 Å². The van der Waals surface area contributed by atoms with Crippen molar-refractivity contribution < 1.29 is 19.0 Å². The maximum Gasteiger partial charge on any atom is 0.312 e. The molecule has 1 unspecified atom stereocenters. The molecule has 1 N–H and O–H groups in total. The van der Waals surface area contributed by atoms with Gasteiger partial charge in [0.2, 0.25) is 0 Å². The molecule has 6 heteroatoms. The molecule has 3 rings (SSSR count). The Bertz CT molecular complexity index is 693. The SMILES string of the molecule is COc1cc(OC)c2c(c1)OC(=O)CC2c1cnc(C)[nH]1. The van der Waals surface area contributed by atoms with Crippen LogP contribution >= 0.6 is 0 Å². The van der Waals surface area contributed by atoms with Crippen LogP contribution in [0.15, 0.2) is 18.3 Å². The molecule has 0 saturated heterocycles. The van der Waals surface area contributed by atoms with Gasteiger partial charge in [0.05, 0.1) is 20.6 Å². The van der Waals surface area contributed by atoms with E-state index in [1.165, 1.54) is 0 Å². The number of ether oxygens (including phenoxy) is 3. The van der Waals surface area contributed by atoms with Crippen molar-refractivity contribution in [3.8, 4) is 17.2 Å². The van der Waals surface area contributed by atoms with E-state index < -0.39 is 0 Å². The van der Waals surface area contributed by atoms with Gasteiger partial charge < -0.3 is 19.2 Å². The summed E-state index contributed by atoms with van der Waals surface area (Å²) in [5.41, 5.74) is 1.70. The van der Waals surface area contributed by atoms with Gasteiger partial charge in [0.15, 0.2) is 0 Å². The van der Waals surface area contributed by atoms with E-state index in [1.54, 1.807) is 32.5 Å². The van der Waals surface area contributed by atoms with E-state index in [1.807, 2.05) is 6.92 Å². The van der Waals surface area contributed by atoms with Crippen molar-refractivity contribution in [3.05, 3.63) is 35.4 Å². The van der Waals surface area contributed by atoms with E-state index in [0.29, 0.717) is 17.2 Å². The number of H-pyrrole nitrogens is 1. The lowest BCUT2D eigenvalue weighted by molar-refractivity contribution is -0.135. The third kappa shape index (κ3) is 2.33. The average molecular weight is 288 g/mol. The Morgan fingerprint density at radius 1 is 1.33 bits per heavy atom. The van der Waals surface area contributed by atoms with E-state index in [4.69, 9.17) is 14.2 Å². The molecule has 2 aromatic rings. The first-order valence-electron chi connectivity index (χ1n) is 6.60. The largest absolute Gasteiger partial charge is 0.496 e. The van der Waals surface area contributed by atoms with Crippen LogP contribution in [0.3, 0.4) is 0 Å². The second-order valence-electron chi connectivity index (χ2n) is 4.90. The predicted molar refractivity (Wildman–Crippen MR) is 75.0 cm³/mol. The summed E-state index contributed by atoms with van der Waals surface area (Å²) >= 11 is 0. The Morgan fingerprint density at radius 3 is 2.76 bits per heavy atom. The number of nitrogens with zero attached hydrogens (tertiary/aromatic N) is 1. The van der Waals surface area contributed by atoms with Crippen molar-refractivity contribution in [3.63, 3.8) is 0 Å². The van der Waals surface area contributed by atoms with Crippen LogP contribution in [0.2, 0.25) is 0 Å². The molecule has 21 heavy (non-hydrogen) atoms. The van der Waals surface area contributed by atoms with Crippen molar-refractivity contribution in [2.24, 2.45) is 0 Å². The highest BCUT2D eigenvalue weighted by molar-refractivity contribution is 5.79. The Morgan fingerprint density at radius 2 is 2.14 bits per heavy atom. The summed E-state index contributed by atoms with van der Waals surface area (Å²) in [5.74, 6) is 2.05. The van der Waals surface area contributed by atoms with E-state index >= 15 is 0 Å². The number of aromatic amines is 1.